The molecule has 0 aromatic heterocycles. The Labute approximate surface area is 84.3 Å². The minimum Gasteiger partial charge on any atom is -0.223 e. The van der Waals surface area contributed by atoms with Crippen molar-refractivity contribution in [3.63, 3.8) is 0 Å². The first-order chi connectivity index (χ1) is 5.97. The molecule has 0 aliphatic rings. The summed E-state index contributed by atoms with van der Waals surface area (Å²) in [5.74, 6) is 0. The molecule has 0 amide bonds. The van der Waals surface area contributed by atoms with Gasteiger partial charge in [0.1, 0.15) is 0 Å². The Bertz CT molecular complexity index is 408. The topological polar surface area (TPSA) is 34.1 Å². The lowest BCUT2D eigenvalue weighted by molar-refractivity contribution is 0.600. The van der Waals surface area contributed by atoms with Crippen molar-refractivity contribution >= 4 is 22.5 Å². The lowest BCUT2D eigenvalue weighted by Crippen LogP contribution is -2.04. The molecule has 72 valence electrons. The number of sulfone groups is 1. The van der Waals surface area contributed by atoms with Crippen molar-refractivity contribution < 1.29 is 8.42 Å². The van der Waals surface area contributed by atoms with Crippen LogP contribution in [0.4, 0.5) is 0 Å². The van der Waals surface area contributed by atoms with Crippen molar-refractivity contribution in [3.8, 4) is 0 Å². The van der Waals surface area contributed by atoms with Crippen molar-refractivity contribution in [1.29, 1.82) is 0 Å². The van der Waals surface area contributed by atoms with Gasteiger partial charge < -0.3 is 0 Å². The van der Waals surface area contributed by atoms with Gasteiger partial charge in [0, 0.05) is 0 Å². The van der Waals surface area contributed by atoms with Crippen LogP contribution in [-0.2, 0) is 9.84 Å². The molecule has 0 aliphatic carbocycles. The quantitative estimate of drug-likeness (QED) is 0.767. The van der Waals surface area contributed by atoms with E-state index in [1.165, 1.54) is 0 Å². The van der Waals surface area contributed by atoms with Crippen LogP contribution in [0.25, 0.3) is 0 Å². The maximum absolute atomic E-state index is 11.5. The first-order valence-electron chi connectivity index (χ1n) is 3.88. The zero-order valence-corrected chi connectivity index (χ0v) is 9.32. The van der Waals surface area contributed by atoms with Gasteiger partial charge in [-0.15, -0.1) is 0 Å². The highest BCUT2D eigenvalue weighted by Gasteiger charge is 2.14. The number of aryl methyl sites for hydroxylation is 2. The third-order valence-corrected chi connectivity index (χ3v) is 4.32. The van der Waals surface area contributed by atoms with E-state index in [0.29, 0.717) is 4.90 Å². The van der Waals surface area contributed by atoms with Crippen molar-refractivity contribution in [2.45, 2.75) is 18.7 Å². The summed E-state index contributed by atoms with van der Waals surface area (Å²) in [4.78, 5) is 0.391. The third kappa shape index (κ3) is 2.25. The van der Waals surface area contributed by atoms with Gasteiger partial charge in [0.25, 0.3) is 0 Å². The Morgan fingerprint density at radius 2 is 1.92 bits per heavy atom. The number of rotatable bonds is 2. The molecule has 0 unspecified atom stereocenters. The van der Waals surface area contributed by atoms with Crippen LogP contribution in [0.5, 0.6) is 0 Å². The number of benzene rings is 1. The van der Waals surface area contributed by atoms with Crippen LogP contribution in [0.2, 0.25) is 0 Å². The number of hydrogen-bond donors (Lipinski definition) is 1. The Morgan fingerprint density at radius 3 is 2.46 bits per heavy atom. The largest absolute Gasteiger partial charge is 0.223 e. The van der Waals surface area contributed by atoms with Gasteiger partial charge in [0.2, 0.25) is 0 Å². The van der Waals surface area contributed by atoms with E-state index < -0.39 is 9.84 Å². The van der Waals surface area contributed by atoms with Crippen LogP contribution < -0.4 is 0 Å². The van der Waals surface area contributed by atoms with Crippen LogP contribution in [-0.4, -0.2) is 13.5 Å². The van der Waals surface area contributed by atoms with Crippen molar-refractivity contribution in [2.75, 3.05) is 5.08 Å². The minimum absolute atomic E-state index is 0.142. The second kappa shape index (κ2) is 3.72. The molecular formula is C9H12O2S2. The third-order valence-electron chi connectivity index (χ3n) is 1.85. The van der Waals surface area contributed by atoms with Crippen molar-refractivity contribution in [2.24, 2.45) is 0 Å². The lowest BCUT2D eigenvalue weighted by Gasteiger charge is -2.05. The molecule has 0 atom stereocenters. The van der Waals surface area contributed by atoms with E-state index in [1.54, 1.807) is 13.0 Å². The second-order valence-electron chi connectivity index (χ2n) is 3.01. The smallest absolute Gasteiger partial charge is 0.187 e. The Morgan fingerprint density at radius 1 is 1.31 bits per heavy atom. The Balaban J connectivity index is 3.38. The van der Waals surface area contributed by atoms with Gasteiger partial charge in [-0.25, -0.2) is 8.42 Å². The van der Waals surface area contributed by atoms with Crippen LogP contribution in [0.3, 0.4) is 0 Å². The highest BCUT2D eigenvalue weighted by molar-refractivity contribution is 8.03. The molecule has 0 saturated carbocycles. The first kappa shape index (κ1) is 10.6. The highest BCUT2D eigenvalue weighted by atomic mass is 32.2. The molecule has 0 spiro atoms. The molecule has 1 aromatic rings. The zero-order chi connectivity index (χ0) is 10.1. The summed E-state index contributed by atoms with van der Waals surface area (Å²) >= 11 is 3.81. The summed E-state index contributed by atoms with van der Waals surface area (Å²) in [5.41, 5.74) is 1.73. The molecule has 2 nitrogen and oxygen atoms in total. The van der Waals surface area contributed by atoms with Crippen molar-refractivity contribution in [1.82, 2.24) is 0 Å². The SMILES string of the molecule is Cc1ccc(C)c(S(=O)(=O)CS)c1. The van der Waals surface area contributed by atoms with Crippen LogP contribution >= 0.6 is 12.6 Å². The summed E-state index contributed by atoms with van der Waals surface area (Å²) in [6, 6.07) is 5.39. The van der Waals surface area contributed by atoms with E-state index >= 15 is 0 Å². The monoisotopic (exact) mass is 216 g/mol. The molecule has 4 heteroatoms. The molecule has 0 N–H and O–H groups in total. The summed E-state index contributed by atoms with van der Waals surface area (Å²) in [5, 5.41) is -0.142. The zero-order valence-electron chi connectivity index (χ0n) is 7.61. The Kier molecular flexibility index (Phi) is 3.03. The maximum atomic E-state index is 11.5. The molecular weight excluding hydrogens is 204 g/mol. The molecule has 0 fully saturated rings. The fourth-order valence-corrected chi connectivity index (χ4v) is 2.59. The van der Waals surface area contributed by atoms with Crippen LogP contribution in [0, 0.1) is 13.8 Å². The normalized spacial score (nSPS) is 11.6. The minimum atomic E-state index is -3.19. The fraction of sp³-hybridized carbons (Fsp3) is 0.333. The molecule has 1 aromatic carbocycles. The molecule has 1 rings (SSSR count). The van der Waals surface area contributed by atoms with Gasteiger partial charge in [-0.3, -0.25) is 0 Å². The first-order valence-corrected chi connectivity index (χ1v) is 6.17. The summed E-state index contributed by atoms with van der Waals surface area (Å²) < 4.78 is 23.0. The second-order valence-corrected chi connectivity index (χ2v) is 5.71. The standard InChI is InChI=1S/C9H12O2S2/c1-7-3-4-8(2)9(5-7)13(10,11)6-12/h3-5,12H,6H2,1-2H3. The lowest BCUT2D eigenvalue weighted by atomic mass is 10.2. The van der Waals surface area contributed by atoms with E-state index in [2.05, 4.69) is 12.6 Å². The van der Waals surface area contributed by atoms with Gasteiger partial charge in [-0.05, 0) is 31.0 Å². The molecule has 0 bridgehead atoms. The predicted octanol–water partition coefficient (Wildman–Crippen LogP) is 1.96. The summed E-state index contributed by atoms with van der Waals surface area (Å²) in [6.07, 6.45) is 0. The molecule has 0 aliphatic heterocycles. The molecule has 0 radical (unpaired) electrons. The van der Waals surface area contributed by atoms with Gasteiger partial charge in [-0.1, -0.05) is 12.1 Å². The van der Waals surface area contributed by atoms with E-state index in [4.69, 9.17) is 0 Å². The maximum Gasteiger partial charge on any atom is 0.187 e. The average Bonchev–Trinajstić information content (AvgIpc) is 2.09. The molecule has 0 heterocycles. The van der Waals surface area contributed by atoms with Gasteiger partial charge in [0.05, 0.1) is 9.98 Å². The van der Waals surface area contributed by atoms with E-state index in [9.17, 15) is 8.42 Å². The predicted molar refractivity (Wildman–Crippen MR) is 57.0 cm³/mol. The molecule has 0 saturated heterocycles. The van der Waals surface area contributed by atoms with Gasteiger partial charge in [-0.2, -0.15) is 12.6 Å². The summed E-state index contributed by atoms with van der Waals surface area (Å²) in [7, 11) is -3.19. The Hall–Kier alpha value is -0.480. The molecule has 13 heavy (non-hydrogen) atoms. The van der Waals surface area contributed by atoms with Crippen LogP contribution in [0.15, 0.2) is 23.1 Å². The van der Waals surface area contributed by atoms with E-state index in [1.807, 2.05) is 19.1 Å². The number of hydrogen-bond acceptors (Lipinski definition) is 3. The van der Waals surface area contributed by atoms with Crippen molar-refractivity contribution in [3.05, 3.63) is 29.3 Å². The van der Waals surface area contributed by atoms with E-state index in [-0.39, 0.29) is 5.08 Å². The fourth-order valence-electron chi connectivity index (χ4n) is 1.11. The number of thiol groups is 1. The summed E-state index contributed by atoms with van der Waals surface area (Å²) in [6.45, 7) is 3.66. The average molecular weight is 216 g/mol. The van der Waals surface area contributed by atoms with Gasteiger partial charge >= 0.3 is 0 Å². The van der Waals surface area contributed by atoms with Gasteiger partial charge in [0.15, 0.2) is 9.84 Å². The highest BCUT2D eigenvalue weighted by Crippen LogP contribution is 2.18. The van der Waals surface area contributed by atoms with E-state index in [0.717, 1.165) is 11.1 Å². The van der Waals surface area contributed by atoms with Crippen LogP contribution in [0.1, 0.15) is 11.1 Å².